The summed E-state index contributed by atoms with van der Waals surface area (Å²) in [7, 11) is 0. The normalized spacial score (nSPS) is 10.8. The van der Waals surface area contributed by atoms with Crippen LogP contribution in [0.1, 0.15) is 26.6 Å². The summed E-state index contributed by atoms with van der Waals surface area (Å²) < 4.78 is 6.67. The topological polar surface area (TPSA) is 104 Å². The quantitative estimate of drug-likeness (QED) is 0.477. The third-order valence-corrected chi connectivity index (χ3v) is 5.25. The summed E-state index contributed by atoms with van der Waals surface area (Å²) in [5.41, 5.74) is 9.97. The number of halogens is 1. The van der Waals surface area contributed by atoms with Crippen LogP contribution in [0.2, 0.25) is 0 Å². The van der Waals surface area contributed by atoms with E-state index in [-0.39, 0.29) is 0 Å². The third kappa shape index (κ3) is 3.69. The number of hydrogen-bond acceptors (Lipinski definition) is 6. The fourth-order valence-corrected chi connectivity index (χ4v) is 3.47. The van der Waals surface area contributed by atoms with Crippen molar-refractivity contribution in [2.75, 3.05) is 5.73 Å². The molecule has 0 saturated heterocycles. The van der Waals surface area contributed by atoms with E-state index in [0.717, 1.165) is 21.4 Å². The SMILES string of the molecule is Cc1c(C(=O)NN=Cc2ccc(-c3ccc(Br)cc3)o2)sc(N)c1C#N. The van der Waals surface area contributed by atoms with Gasteiger partial charge >= 0.3 is 0 Å². The number of nitrogens with one attached hydrogen (secondary N) is 1. The van der Waals surface area contributed by atoms with Crippen LogP contribution in [-0.2, 0) is 0 Å². The van der Waals surface area contributed by atoms with Crippen LogP contribution >= 0.6 is 27.3 Å². The zero-order valence-corrected chi connectivity index (χ0v) is 16.0. The average Bonchev–Trinajstić information content (AvgIpc) is 3.20. The number of carbonyl (C=O) groups is 1. The van der Waals surface area contributed by atoms with Gasteiger partial charge in [-0.05, 0) is 36.8 Å². The number of furan rings is 1. The summed E-state index contributed by atoms with van der Waals surface area (Å²) in [5.74, 6) is 0.783. The number of nitrogen functional groups attached to an aromatic ring is 1. The molecule has 26 heavy (non-hydrogen) atoms. The molecule has 3 rings (SSSR count). The highest BCUT2D eigenvalue weighted by Gasteiger charge is 2.18. The highest BCUT2D eigenvalue weighted by atomic mass is 79.9. The molecule has 8 heteroatoms. The summed E-state index contributed by atoms with van der Waals surface area (Å²) >= 11 is 4.45. The molecule has 6 nitrogen and oxygen atoms in total. The molecule has 0 bridgehead atoms. The number of amides is 1. The van der Waals surface area contributed by atoms with Crippen LogP contribution in [0.5, 0.6) is 0 Å². The predicted molar refractivity (Wildman–Crippen MR) is 105 cm³/mol. The minimum atomic E-state index is -0.420. The van der Waals surface area contributed by atoms with Gasteiger partial charge in [0.15, 0.2) is 0 Å². The van der Waals surface area contributed by atoms with E-state index in [1.807, 2.05) is 36.4 Å². The van der Waals surface area contributed by atoms with Crippen LogP contribution in [0.3, 0.4) is 0 Å². The van der Waals surface area contributed by atoms with Crippen molar-refractivity contribution in [3.63, 3.8) is 0 Å². The summed E-state index contributed by atoms with van der Waals surface area (Å²) in [4.78, 5) is 12.5. The molecule has 0 spiro atoms. The van der Waals surface area contributed by atoms with E-state index in [4.69, 9.17) is 15.4 Å². The van der Waals surface area contributed by atoms with E-state index in [2.05, 4.69) is 26.5 Å². The second-order valence-electron chi connectivity index (χ2n) is 5.32. The molecule has 0 saturated carbocycles. The number of thiophene rings is 1. The Morgan fingerprint density at radius 3 is 2.73 bits per heavy atom. The minimum Gasteiger partial charge on any atom is -0.455 e. The van der Waals surface area contributed by atoms with Gasteiger partial charge in [0.25, 0.3) is 5.91 Å². The zero-order chi connectivity index (χ0) is 18.7. The Morgan fingerprint density at radius 2 is 2.08 bits per heavy atom. The minimum absolute atomic E-state index is 0.323. The molecular formula is C18H13BrN4O2S. The smallest absolute Gasteiger partial charge is 0.281 e. The maximum absolute atomic E-state index is 12.2. The van der Waals surface area contributed by atoms with Gasteiger partial charge in [-0.2, -0.15) is 10.4 Å². The van der Waals surface area contributed by atoms with Gasteiger partial charge in [-0.25, -0.2) is 5.43 Å². The number of anilines is 1. The molecule has 0 aliphatic rings. The van der Waals surface area contributed by atoms with Crippen molar-refractivity contribution in [2.24, 2.45) is 5.10 Å². The van der Waals surface area contributed by atoms with E-state index in [1.165, 1.54) is 6.21 Å². The van der Waals surface area contributed by atoms with Crippen molar-refractivity contribution in [1.82, 2.24) is 5.43 Å². The lowest BCUT2D eigenvalue weighted by atomic mass is 10.2. The number of hydrogen-bond donors (Lipinski definition) is 2. The lowest BCUT2D eigenvalue weighted by molar-refractivity contribution is 0.0958. The zero-order valence-electron chi connectivity index (χ0n) is 13.6. The highest BCUT2D eigenvalue weighted by molar-refractivity contribution is 9.10. The van der Waals surface area contributed by atoms with E-state index >= 15 is 0 Å². The van der Waals surface area contributed by atoms with Crippen LogP contribution < -0.4 is 11.2 Å². The largest absolute Gasteiger partial charge is 0.455 e. The molecule has 0 radical (unpaired) electrons. The standard InChI is InChI=1S/C18H13BrN4O2S/c1-10-14(8-20)17(21)26-16(10)18(24)23-22-9-13-6-7-15(25-13)11-2-4-12(19)5-3-11/h2-7,9H,21H2,1H3,(H,23,24). The molecular weight excluding hydrogens is 416 g/mol. The Morgan fingerprint density at radius 1 is 1.35 bits per heavy atom. The lowest BCUT2D eigenvalue weighted by Crippen LogP contribution is -2.17. The van der Waals surface area contributed by atoms with E-state index in [9.17, 15) is 4.79 Å². The van der Waals surface area contributed by atoms with E-state index < -0.39 is 5.91 Å². The number of nitrogens with two attached hydrogens (primary N) is 1. The van der Waals surface area contributed by atoms with Crippen molar-refractivity contribution in [3.8, 4) is 17.4 Å². The summed E-state index contributed by atoms with van der Waals surface area (Å²) in [6.45, 7) is 1.68. The Bertz CT molecular complexity index is 1030. The van der Waals surface area contributed by atoms with Crippen molar-refractivity contribution >= 4 is 44.4 Å². The first-order valence-corrected chi connectivity index (χ1v) is 9.08. The third-order valence-electron chi connectivity index (χ3n) is 3.61. The average molecular weight is 429 g/mol. The number of benzene rings is 1. The second-order valence-corrected chi connectivity index (χ2v) is 7.28. The van der Waals surface area contributed by atoms with Crippen LogP contribution in [0.25, 0.3) is 11.3 Å². The van der Waals surface area contributed by atoms with Crippen LogP contribution in [0.15, 0.2) is 50.4 Å². The van der Waals surface area contributed by atoms with Crippen molar-refractivity contribution in [2.45, 2.75) is 6.92 Å². The summed E-state index contributed by atoms with van der Waals surface area (Å²) in [6, 6.07) is 13.3. The number of rotatable bonds is 4. The molecule has 0 atom stereocenters. The first-order chi connectivity index (χ1) is 12.5. The Balaban J connectivity index is 1.69. The second kappa shape index (κ2) is 7.56. The van der Waals surface area contributed by atoms with Crippen LogP contribution in [0.4, 0.5) is 5.00 Å². The molecule has 0 aliphatic heterocycles. The van der Waals surface area contributed by atoms with Crippen molar-refractivity contribution < 1.29 is 9.21 Å². The van der Waals surface area contributed by atoms with Crippen LogP contribution in [0, 0.1) is 18.3 Å². The summed E-state index contributed by atoms with van der Waals surface area (Å²) in [5, 5.41) is 13.3. The summed E-state index contributed by atoms with van der Waals surface area (Å²) in [6.07, 6.45) is 1.41. The first kappa shape index (κ1) is 17.9. The Hall–Kier alpha value is -2.89. The van der Waals surface area contributed by atoms with Crippen molar-refractivity contribution in [3.05, 3.63) is 62.6 Å². The van der Waals surface area contributed by atoms with Gasteiger partial charge in [-0.1, -0.05) is 28.1 Å². The van der Waals surface area contributed by atoms with Gasteiger partial charge in [0, 0.05) is 10.0 Å². The maximum Gasteiger partial charge on any atom is 0.281 e. The number of nitriles is 1. The Kier molecular flexibility index (Phi) is 5.21. The molecule has 3 aromatic rings. The maximum atomic E-state index is 12.2. The fourth-order valence-electron chi connectivity index (χ4n) is 2.29. The van der Waals surface area contributed by atoms with Gasteiger partial charge in [0.05, 0.1) is 11.8 Å². The highest BCUT2D eigenvalue weighted by Crippen LogP contribution is 2.29. The molecule has 0 unspecified atom stereocenters. The van der Waals surface area contributed by atoms with E-state index in [1.54, 1.807) is 13.0 Å². The Labute approximate surface area is 162 Å². The molecule has 0 fully saturated rings. The molecule has 1 aromatic carbocycles. The van der Waals surface area contributed by atoms with E-state index in [0.29, 0.717) is 32.5 Å². The molecule has 2 aromatic heterocycles. The number of nitrogens with zero attached hydrogens (tertiary/aromatic N) is 2. The van der Waals surface area contributed by atoms with Gasteiger partial charge < -0.3 is 10.2 Å². The number of carbonyl (C=O) groups excluding carboxylic acids is 1. The van der Waals surface area contributed by atoms with Gasteiger partial charge in [-0.15, -0.1) is 11.3 Å². The predicted octanol–water partition coefficient (Wildman–Crippen LogP) is 4.30. The molecule has 2 heterocycles. The number of hydrazone groups is 1. The monoisotopic (exact) mass is 428 g/mol. The molecule has 3 N–H and O–H groups in total. The van der Waals surface area contributed by atoms with Gasteiger partial charge in [0.1, 0.15) is 27.5 Å². The van der Waals surface area contributed by atoms with Crippen LogP contribution in [-0.4, -0.2) is 12.1 Å². The molecule has 130 valence electrons. The van der Waals surface area contributed by atoms with Gasteiger partial charge in [-0.3, -0.25) is 4.79 Å². The van der Waals surface area contributed by atoms with Crippen molar-refractivity contribution in [1.29, 1.82) is 5.26 Å². The molecule has 0 aliphatic carbocycles. The van der Waals surface area contributed by atoms with Gasteiger partial charge in [0.2, 0.25) is 0 Å². The fraction of sp³-hybridized carbons (Fsp3) is 0.0556. The lowest BCUT2D eigenvalue weighted by Gasteiger charge is -1.98. The molecule has 1 amide bonds. The first-order valence-electron chi connectivity index (χ1n) is 7.47.